The average Bonchev–Trinajstić information content (AvgIpc) is 3.83. The SMILES string of the molecule is c1ccc(-c2nc(-c3ccc4c(c3)oc3ccc(-c5ccc6c7ccccc7c7ccccc7c6c5)cc34)nc(-c3ccc4c(c3)sc3ccccc34)n2)cc1. The maximum Gasteiger partial charge on any atom is 0.164 e. The molecule has 12 aromatic rings. The van der Waals surface area contributed by atoms with Crippen molar-refractivity contribution in [2.45, 2.75) is 0 Å². The van der Waals surface area contributed by atoms with E-state index in [-0.39, 0.29) is 0 Å². The Labute approximate surface area is 325 Å². The molecule has 3 aromatic heterocycles. The summed E-state index contributed by atoms with van der Waals surface area (Å²) in [5, 5.41) is 12.3. The van der Waals surface area contributed by atoms with Gasteiger partial charge in [-0.05, 0) is 85.9 Å². The minimum atomic E-state index is 0.601. The molecule has 9 aromatic carbocycles. The fourth-order valence-electron chi connectivity index (χ4n) is 8.40. The Balaban J connectivity index is 0.973. The Bertz CT molecular complexity index is 3510. The summed E-state index contributed by atoms with van der Waals surface area (Å²) in [5.74, 6) is 1.87. The smallest absolute Gasteiger partial charge is 0.164 e. The van der Waals surface area contributed by atoms with Crippen LogP contribution < -0.4 is 0 Å². The first-order valence-electron chi connectivity index (χ1n) is 18.8. The average molecular weight is 732 g/mol. The summed E-state index contributed by atoms with van der Waals surface area (Å²) in [7, 11) is 0. The molecule has 4 nitrogen and oxygen atoms in total. The summed E-state index contributed by atoms with van der Waals surface area (Å²) in [6.45, 7) is 0. The number of hydrogen-bond acceptors (Lipinski definition) is 5. The second-order valence-electron chi connectivity index (χ2n) is 14.4. The molecule has 0 aliphatic carbocycles. The van der Waals surface area contributed by atoms with E-state index in [0.717, 1.165) is 44.2 Å². The van der Waals surface area contributed by atoms with E-state index >= 15 is 0 Å². The molecule has 0 saturated heterocycles. The second kappa shape index (κ2) is 12.2. The van der Waals surface area contributed by atoms with Crippen LogP contribution in [0.15, 0.2) is 180 Å². The predicted octanol–water partition coefficient (Wildman–Crippen LogP) is 14.3. The Hall–Kier alpha value is -7.21. The lowest BCUT2D eigenvalue weighted by atomic mass is 9.92. The molecule has 0 fully saturated rings. The molecule has 0 spiro atoms. The molecule has 260 valence electrons. The molecule has 0 bridgehead atoms. The normalized spacial score (nSPS) is 11.9. The van der Waals surface area contributed by atoms with Gasteiger partial charge in [0.1, 0.15) is 11.2 Å². The fourth-order valence-corrected chi connectivity index (χ4v) is 9.54. The van der Waals surface area contributed by atoms with Crippen LogP contribution in [-0.2, 0) is 0 Å². The van der Waals surface area contributed by atoms with E-state index in [1.807, 2.05) is 30.3 Å². The molecule has 0 aliphatic rings. The zero-order valence-corrected chi connectivity index (χ0v) is 30.7. The summed E-state index contributed by atoms with van der Waals surface area (Å²) in [5.41, 5.74) is 6.72. The van der Waals surface area contributed by atoms with E-state index in [4.69, 9.17) is 19.4 Å². The van der Waals surface area contributed by atoms with E-state index in [0.29, 0.717) is 17.5 Å². The predicted molar refractivity (Wildman–Crippen MR) is 234 cm³/mol. The van der Waals surface area contributed by atoms with Crippen LogP contribution >= 0.6 is 11.3 Å². The van der Waals surface area contributed by atoms with E-state index in [1.54, 1.807) is 11.3 Å². The molecule has 3 heterocycles. The van der Waals surface area contributed by atoms with Crippen LogP contribution in [0.1, 0.15) is 0 Å². The van der Waals surface area contributed by atoms with E-state index in [1.165, 1.54) is 58.1 Å². The molecule has 5 heteroatoms. The number of aromatic nitrogens is 3. The number of thiophene rings is 1. The summed E-state index contributed by atoms with van der Waals surface area (Å²) in [4.78, 5) is 15.1. The highest BCUT2D eigenvalue weighted by Gasteiger charge is 2.17. The summed E-state index contributed by atoms with van der Waals surface area (Å²) in [6, 6.07) is 62.3. The molecular formula is C51H29N3OS. The highest BCUT2D eigenvalue weighted by Crippen LogP contribution is 2.40. The molecule has 0 unspecified atom stereocenters. The summed E-state index contributed by atoms with van der Waals surface area (Å²) < 4.78 is 9.00. The molecule has 12 rings (SSSR count). The Morgan fingerprint density at radius 1 is 0.286 bits per heavy atom. The third kappa shape index (κ3) is 4.88. The maximum atomic E-state index is 6.52. The van der Waals surface area contributed by atoms with Gasteiger partial charge < -0.3 is 4.42 Å². The second-order valence-corrected chi connectivity index (χ2v) is 15.4. The third-order valence-corrected chi connectivity index (χ3v) is 12.2. The quantitative estimate of drug-likeness (QED) is 0.169. The van der Waals surface area contributed by atoms with Crippen molar-refractivity contribution < 1.29 is 4.42 Å². The van der Waals surface area contributed by atoms with Gasteiger partial charge in [-0.15, -0.1) is 11.3 Å². The van der Waals surface area contributed by atoms with Gasteiger partial charge in [0.05, 0.1) is 0 Å². The first-order chi connectivity index (χ1) is 27.7. The molecule has 0 saturated carbocycles. The molecule has 0 amide bonds. The number of nitrogens with zero attached hydrogens (tertiary/aromatic N) is 3. The standard InChI is InChI=1S/C51H29N3OS/c1-2-10-30(11-3-1)49-52-50(54-51(53-49)34-20-24-42-41-16-8-9-17-47(41)56-48(42)29-34)33-19-23-40-44-27-32(21-25-45(44)55-46(40)28-33)31-18-22-39-37-14-5-4-12-35(37)36-13-6-7-15-38(36)43(39)26-31/h1-29H. The van der Waals surface area contributed by atoms with Gasteiger partial charge in [0, 0.05) is 47.6 Å². The molecule has 0 atom stereocenters. The highest BCUT2D eigenvalue weighted by molar-refractivity contribution is 7.25. The minimum absolute atomic E-state index is 0.601. The molecular weight excluding hydrogens is 703 g/mol. The van der Waals surface area contributed by atoms with Crippen molar-refractivity contribution in [3.05, 3.63) is 176 Å². The lowest BCUT2D eigenvalue weighted by Crippen LogP contribution is -2.00. The van der Waals surface area contributed by atoms with Crippen molar-refractivity contribution in [2.75, 3.05) is 0 Å². The van der Waals surface area contributed by atoms with Gasteiger partial charge in [0.2, 0.25) is 0 Å². The number of fused-ring (bicyclic) bond motifs is 12. The number of rotatable bonds is 4. The zero-order chi connectivity index (χ0) is 36.7. The molecule has 0 aliphatic heterocycles. The minimum Gasteiger partial charge on any atom is -0.456 e. The maximum absolute atomic E-state index is 6.52. The molecule has 56 heavy (non-hydrogen) atoms. The molecule has 0 radical (unpaired) electrons. The van der Waals surface area contributed by atoms with Crippen molar-refractivity contribution in [3.8, 4) is 45.3 Å². The lowest BCUT2D eigenvalue weighted by molar-refractivity contribution is 0.669. The monoisotopic (exact) mass is 731 g/mol. The van der Waals surface area contributed by atoms with E-state index in [2.05, 4.69) is 146 Å². The van der Waals surface area contributed by atoms with Crippen LogP contribution in [0, 0.1) is 0 Å². The van der Waals surface area contributed by atoms with Crippen LogP contribution in [0.25, 0.3) is 120 Å². The first-order valence-corrected chi connectivity index (χ1v) is 19.6. The Morgan fingerprint density at radius 2 is 0.768 bits per heavy atom. The third-order valence-electron chi connectivity index (χ3n) is 11.1. The van der Waals surface area contributed by atoms with Gasteiger partial charge in [-0.1, -0.05) is 133 Å². The largest absolute Gasteiger partial charge is 0.456 e. The van der Waals surface area contributed by atoms with Crippen molar-refractivity contribution in [1.29, 1.82) is 0 Å². The van der Waals surface area contributed by atoms with E-state index in [9.17, 15) is 0 Å². The van der Waals surface area contributed by atoms with Crippen LogP contribution in [-0.4, -0.2) is 15.0 Å². The lowest BCUT2D eigenvalue weighted by Gasteiger charge is -2.12. The topological polar surface area (TPSA) is 51.8 Å². The van der Waals surface area contributed by atoms with Gasteiger partial charge in [-0.25, -0.2) is 15.0 Å². The molecule has 0 N–H and O–H groups in total. The summed E-state index contributed by atoms with van der Waals surface area (Å²) >= 11 is 1.79. The van der Waals surface area contributed by atoms with E-state index < -0.39 is 0 Å². The van der Waals surface area contributed by atoms with Crippen LogP contribution in [0.3, 0.4) is 0 Å². The fraction of sp³-hybridized carbons (Fsp3) is 0. The van der Waals surface area contributed by atoms with Gasteiger partial charge in [-0.3, -0.25) is 0 Å². The summed E-state index contributed by atoms with van der Waals surface area (Å²) in [6.07, 6.45) is 0. The Morgan fingerprint density at radius 3 is 1.48 bits per heavy atom. The van der Waals surface area contributed by atoms with Gasteiger partial charge in [0.15, 0.2) is 17.5 Å². The van der Waals surface area contributed by atoms with Crippen molar-refractivity contribution in [3.63, 3.8) is 0 Å². The van der Waals surface area contributed by atoms with Crippen LogP contribution in [0.4, 0.5) is 0 Å². The van der Waals surface area contributed by atoms with Crippen LogP contribution in [0.2, 0.25) is 0 Å². The number of furan rings is 1. The Kier molecular flexibility index (Phi) is 6.76. The first kappa shape index (κ1) is 31.2. The van der Waals surface area contributed by atoms with Crippen LogP contribution in [0.5, 0.6) is 0 Å². The van der Waals surface area contributed by atoms with Gasteiger partial charge in [-0.2, -0.15) is 0 Å². The number of benzene rings is 9. The van der Waals surface area contributed by atoms with Crippen molar-refractivity contribution in [1.82, 2.24) is 15.0 Å². The van der Waals surface area contributed by atoms with Crippen molar-refractivity contribution >= 4 is 85.8 Å². The number of hydrogen-bond donors (Lipinski definition) is 0. The van der Waals surface area contributed by atoms with Gasteiger partial charge >= 0.3 is 0 Å². The highest BCUT2D eigenvalue weighted by atomic mass is 32.1. The zero-order valence-electron chi connectivity index (χ0n) is 29.9. The van der Waals surface area contributed by atoms with Crippen molar-refractivity contribution in [2.24, 2.45) is 0 Å². The van der Waals surface area contributed by atoms with Gasteiger partial charge in [0.25, 0.3) is 0 Å².